The molecule has 0 fully saturated rings. The molecule has 1 amide bonds. The number of esters is 1. The Balaban J connectivity index is 1.74. The smallest absolute Gasteiger partial charge is 0.338 e. The van der Waals surface area contributed by atoms with Crippen LogP contribution in [0.4, 0.5) is 11.4 Å². The third-order valence-electron chi connectivity index (χ3n) is 5.24. The minimum absolute atomic E-state index is 0.0367. The molecular formula is C25H25N3O7. The number of carbonyl (C=O) groups is 2. The first-order chi connectivity index (χ1) is 16.9. The van der Waals surface area contributed by atoms with E-state index in [9.17, 15) is 19.7 Å². The van der Waals surface area contributed by atoms with Crippen molar-refractivity contribution in [1.82, 2.24) is 5.32 Å². The van der Waals surface area contributed by atoms with Crippen molar-refractivity contribution in [2.45, 2.75) is 6.04 Å². The molecular weight excluding hydrogens is 454 g/mol. The summed E-state index contributed by atoms with van der Waals surface area (Å²) >= 11 is 0. The summed E-state index contributed by atoms with van der Waals surface area (Å²) in [7, 11) is 4.66. The minimum Gasteiger partial charge on any atom is -0.497 e. The predicted molar refractivity (Wildman–Crippen MR) is 129 cm³/mol. The number of rotatable bonds is 10. The Morgan fingerprint density at radius 3 is 1.91 bits per heavy atom. The van der Waals surface area contributed by atoms with Crippen LogP contribution in [0.2, 0.25) is 0 Å². The highest BCUT2D eigenvalue weighted by molar-refractivity contribution is 5.93. The fourth-order valence-corrected chi connectivity index (χ4v) is 3.39. The number of nitrogens with zero attached hydrogens (tertiary/aromatic N) is 1. The molecule has 10 heteroatoms. The number of methoxy groups -OCH3 is 2. The van der Waals surface area contributed by atoms with Crippen molar-refractivity contribution < 1.29 is 28.7 Å². The minimum atomic E-state index is -0.851. The van der Waals surface area contributed by atoms with E-state index in [1.54, 1.807) is 38.5 Å². The van der Waals surface area contributed by atoms with Crippen molar-refractivity contribution in [3.8, 4) is 11.5 Å². The molecule has 0 aromatic heterocycles. The largest absolute Gasteiger partial charge is 0.497 e. The molecule has 0 bridgehead atoms. The zero-order chi connectivity index (χ0) is 25.4. The molecule has 3 aromatic carbocycles. The second-order valence-corrected chi connectivity index (χ2v) is 7.36. The Bertz CT molecular complexity index is 1150. The number of nitro benzene ring substituents is 1. The SMILES string of the molecule is CNc1ccc(C(=O)OCC(=O)NC(c2ccc(OC)cc2)c2ccc(OC)cc2)cc1[N+](=O)[O-]. The number of anilines is 1. The summed E-state index contributed by atoms with van der Waals surface area (Å²) in [5, 5.41) is 16.8. The van der Waals surface area contributed by atoms with Crippen LogP contribution in [-0.4, -0.2) is 44.7 Å². The number of ether oxygens (including phenoxy) is 3. The normalized spacial score (nSPS) is 10.4. The van der Waals surface area contributed by atoms with Gasteiger partial charge in [-0.15, -0.1) is 0 Å². The average Bonchev–Trinajstić information content (AvgIpc) is 2.90. The lowest BCUT2D eigenvalue weighted by molar-refractivity contribution is -0.384. The second kappa shape index (κ2) is 11.5. The van der Waals surface area contributed by atoms with Gasteiger partial charge in [-0.1, -0.05) is 24.3 Å². The molecule has 0 spiro atoms. The third-order valence-corrected chi connectivity index (χ3v) is 5.24. The van der Waals surface area contributed by atoms with Crippen LogP contribution in [0, 0.1) is 10.1 Å². The van der Waals surface area contributed by atoms with E-state index in [0.717, 1.165) is 17.2 Å². The van der Waals surface area contributed by atoms with E-state index in [4.69, 9.17) is 14.2 Å². The summed E-state index contributed by atoms with van der Waals surface area (Å²) in [6.45, 7) is -0.566. The van der Waals surface area contributed by atoms with Crippen molar-refractivity contribution in [1.29, 1.82) is 0 Å². The molecule has 35 heavy (non-hydrogen) atoms. The van der Waals surface area contributed by atoms with Gasteiger partial charge in [0.15, 0.2) is 6.61 Å². The highest BCUT2D eigenvalue weighted by atomic mass is 16.6. The van der Waals surface area contributed by atoms with Gasteiger partial charge in [0, 0.05) is 13.1 Å². The number of carbonyl (C=O) groups excluding carboxylic acids is 2. The van der Waals surface area contributed by atoms with Crippen molar-refractivity contribution in [2.24, 2.45) is 0 Å². The van der Waals surface area contributed by atoms with Crippen molar-refractivity contribution in [3.63, 3.8) is 0 Å². The zero-order valence-electron chi connectivity index (χ0n) is 19.4. The van der Waals surface area contributed by atoms with Gasteiger partial charge >= 0.3 is 5.97 Å². The summed E-state index contributed by atoms with van der Waals surface area (Å²) in [5.41, 5.74) is 1.52. The number of nitro groups is 1. The zero-order valence-corrected chi connectivity index (χ0v) is 19.4. The van der Waals surface area contributed by atoms with Crippen molar-refractivity contribution in [2.75, 3.05) is 33.2 Å². The lowest BCUT2D eigenvalue weighted by atomic mass is 9.98. The van der Waals surface area contributed by atoms with Crippen LogP contribution in [0.1, 0.15) is 27.5 Å². The molecule has 0 heterocycles. The van der Waals surface area contributed by atoms with Gasteiger partial charge in [0.1, 0.15) is 17.2 Å². The molecule has 182 valence electrons. The van der Waals surface area contributed by atoms with Crippen LogP contribution in [0.5, 0.6) is 11.5 Å². The Hall–Kier alpha value is -4.60. The van der Waals surface area contributed by atoms with Crippen LogP contribution in [-0.2, 0) is 9.53 Å². The van der Waals surface area contributed by atoms with Crippen LogP contribution in [0.25, 0.3) is 0 Å². The first-order valence-corrected chi connectivity index (χ1v) is 10.6. The van der Waals surface area contributed by atoms with Gasteiger partial charge in [0.2, 0.25) is 0 Å². The number of nitrogens with one attached hydrogen (secondary N) is 2. The standard InChI is InChI=1S/C25H25N3O7/c1-26-21-13-8-18(14-22(21)28(31)32)25(30)35-15-23(29)27-24(16-4-9-19(33-2)10-5-16)17-6-11-20(34-3)12-7-17/h4-14,24,26H,15H2,1-3H3,(H,27,29). The summed E-state index contributed by atoms with van der Waals surface area (Å²) in [4.78, 5) is 35.7. The monoisotopic (exact) mass is 479 g/mol. The Morgan fingerprint density at radius 2 is 1.46 bits per heavy atom. The molecule has 2 N–H and O–H groups in total. The number of hydrogen-bond donors (Lipinski definition) is 2. The average molecular weight is 479 g/mol. The van der Waals surface area contributed by atoms with Crippen LogP contribution in [0.3, 0.4) is 0 Å². The van der Waals surface area contributed by atoms with Crippen molar-refractivity contribution >= 4 is 23.3 Å². The van der Waals surface area contributed by atoms with Gasteiger partial charge in [-0.2, -0.15) is 0 Å². The van der Waals surface area contributed by atoms with E-state index in [1.807, 2.05) is 24.3 Å². The third kappa shape index (κ3) is 6.26. The molecule has 0 saturated heterocycles. The van der Waals surface area contributed by atoms with Gasteiger partial charge < -0.3 is 24.8 Å². The summed E-state index contributed by atoms with van der Waals surface area (Å²) in [6, 6.07) is 17.8. The molecule has 0 aliphatic heterocycles. The van der Waals surface area contributed by atoms with Crippen LogP contribution < -0.4 is 20.1 Å². The Labute approximate surface area is 202 Å². The van der Waals surface area contributed by atoms with Crippen LogP contribution >= 0.6 is 0 Å². The van der Waals surface area contributed by atoms with E-state index in [0.29, 0.717) is 11.5 Å². The molecule has 0 aliphatic carbocycles. The molecule has 0 radical (unpaired) electrons. The van der Waals surface area contributed by atoms with Crippen LogP contribution in [0.15, 0.2) is 66.7 Å². The first kappa shape index (κ1) is 25.0. The lowest BCUT2D eigenvalue weighted by Crippen LogP contribution is -2.33. The van der Waals surface area contributed by atoms with E-state index in [1.165, 1.54) is 19.2 Å². The van der Waals surface area contributed by atoms with Gasteiger partial charge in [-0.3, -0.25) is 14.9 Å². The maximum Gasteiger partial charge on any atom is 0.338 e. The predicted octanol–water partition coefficient (Wildman–Crippen LogP) is 3.72. The molecule has 0 saturated carbocycles. The maximum atomic E-state index is 12.7. The molecule has 0 atom stereocenters. The highest BCUT2D eigenvalue weighted by Gasteiger charge is 2.21. The van der Waals surface area contributed by atoms with Gasteiger partial charge in [0.05, 0.1) is 30.7 Å². The van der Waals surface area contributed by atoms with Crippen molar-refractivity contribution in [3.05, 3.63) is 93.5 Å². The molecule has 3 aromatic rings. The molecule has 0 unspecified atom stereocenters. The highest BCUT2D eigenvalue weighted by Crippen LogP contribution is 2.27. The first-order valence-electron chi connectivity index (χ1n) is 10.6. The van der Waals surface area contributed by atoms with Gasteiger partial charge in [0.25, 0.3) is 11.6 Å². The lowest BCUT2D eigenvalue weighted by Gasteiger charge is -2.20. The fourth-order valence-electron chi connectivity index (χ4n) is 3.39. The van der Waals surface area contributed by atoms with E-state index < -0.39 is 29.4 Å². The Morgan fingerprint density at radius 1 is 0.914 bits per heavy atom. The molecule has 0 aliphatic rings. The number of hydrogen-bond acceptors (Lipinski definition) is 8. The molecule has 3 rings (SSSR count). The fraction of sp³-hybridized carbons (Fsp3) is 0.200. The second-order valence-electron chi connectivity index (χ2n) is 7.36. The summed E-state index contributed by atoms with van der Waals surface area (Å²) < 4.78 is 15.5. The number of amides is 1. The van der Waals surface area contributed by atoms with Gasteiger partial charge in [-0.25, -0.2) is 4.79 Å². The topological polar surface area (TPSA) is 129 Å². The summed E-state index contributed by atoms with van der Waals surface area (Å²) in [6.07, 6.45) is 0. The Kier molecular flexibility index (Phi) is 8.23. The quantitative estimate of drug-likeness (QED) is 0.256. The van der Waals surface area contributed by atoms with E-state index in [-0.39, 0.29) is 16.9 Å². The van der Waals surface area contributed by atoms with Gasteiger partial charge in [-0.05, 0) is 47.5 Å². The maximum absolute atomic E-state index is 12.7. The van der Waals surface area contributed by atoms with E-state index in [2.05, 4.69) is 10.6 Å². The molecule has 10 nitrogen and oxygen atoms in total. The number of benzene rings is 3. The van der Waals surface area contributed by atoms with E-state index >= 15 is 0 Å². The summed E-state index contributed by atoms with van der Waals surface area (Å²) in [5.74, 6) is -0.0607.